The summed E-state index contributed by atoms with van der Waals surface area (Å²) in [7, 11) is 0. The van der Waals surface area contributed by atoms with Gasteiger partial charge in [-0.1, -0.05) is 17.7 Å². The molecule has 2 aromatic rings. The average Bonchev–Trinajstić information content (AvgIpc) is 2.93. The first-order chi connectivity index (χ1) is 13.5. The van der Waals surface area contributed by atoms with E-state index in [-0.39, 0.29) is 6.67 Å². The fourth-order valence-corrected chi connectivity index (χ4v) is 3.62. The van der Waals surface area contributed by atoms with E-state index in [4.69, 9.17) is 0 Å². The molecule has 0 bridgehead atoms. The lowest BCUT2D eigenvalue weighted by molar-refractivity contribution is -0.907. The van der Waals surface area contributed by atoms with Gasteiger partial charge in [0.2, 0.25) is 0 Å². The predicted octanol–water partition coefficient (Wildman–Crippen LogP) is -0.533. The van der Waals surface area contributed by atoms with Crippen molar-refractivity contribution in [3.05, 3.63) is 54.4 Å². The molecule has 2 aliphatic heterocycles. The third-order valence-electron chi connectivity index (χ3n) is 5.26. The number of pyridine rings is 1. The van der Waals surface area contributed by atoms with Crippen LogP contribution in [0.15, 0.2) is 48.8 Å². The summed E-state index contributed by atoms with van der Waals surface area (Å²) in [4.78, 5) is 46.0. The normalized spacial score (nSPS) is 18.3. The van der Waals surface area contributed by atoms with Crippen molar-refractivity contribution < 1.29 is 24.3 Å². The highest BCUT2D eigenvalue weighted by Crippen LogP contribution is 2.22. The number of hydrogen-bond acceptors (Lipinski definition) is 4. The lowest BCUT2D eigenvalue weighted by Crippen LogP contribution is -3.16. The van der Waals surface area contributed by atoms with Crippen LogP contribution in [0.3, 0.4) is 0 Å². The Morgan fingerprint density at radius 1 is 0.893 bits per heavy atom. The molecule has 0 unspecified atom stereocenters. The van der Waals surface area contributed by atoms with Crippen LogP contribution in [0.5, 0.6) is 0 Å². The number of aromatic amines is 1. The number of anilines is 2. The summed E-state index contributed by atoms with van der Waals surface area (Å²) < 4.78 is 0. The Kier molecular flexibility index (Phi) is 4.79. The monoisotopic (exact) mass is 381 g/mol. The highest BCUT2D eigenvalue weighted by molar-refractivity contribution is 6.52. The van der Waals surface area contributed by atoms with Gasteiger partial charge < -0.3 is 9.80 Å². The standard InChI is InChI=1S/C20H21N5O3/c1-15-2-4-17(5-3-15)25-19(27)18(26)24(20(25)28)14-22-10-12-23(13-11-22)16-6-8-21-9-7-16/h2-9H,10-14H2,1H3/p+2. The van der Waals surface area contributed by atoms with E-state index in [0.29, 0.717) is 5.69 Å². The zero-order chi connectivity index (χ0) is 19.7. The summed E-state index contributed by atoms with van der Waals surface area (Å²) in [6.07, 6.45) is 3.78. The van der Waals surface area contributed by atoms with Crippen molar-refractivity contribution in [2.24, 2.45) is 0 Å². The van der Waals surface area contributed by atoms with Crippen LogP contribution in [-0.4, -0.2) is 55.6 Å². The number of carbonyl (C=O) groups excluding carboxylic acids is 3. The van der Waals surface area contributed by atoms with Gasteiger partial charge in [-0.05, 0) is 19.1 Å². The second kappa shape index (κ2) is 7.40. The van der Waals surface area contributed by atoms with Crippen molar-refractivity contribution in [3.63, 3.8) is 0 Å². The number of quaternary nitrogens is 1. The highest BCUT2D eigenvalue weighted by atomic mass is 16.2. The van der Waals surface area contributed by atoms with E-state index in [1.807, 2.05) is 43.6 Å². The van der Waals surface area contributed by atoms with Crippen LogP contribution >= 0.6 is 0 Å². The average molecular weight is 381 g/mol. The number of nitrogens with zero attached hydrogens (tertiary/aromatic N) is 3. The van der Waals surface area contributed by atoms with E-state index in [1.165, 1.54) is 0 Å². The summed E-state index contributed by atoms with van der Waals surface area (Å²) in [6.45, 7) is 5.35. The zero-order valence-corrected chi connectivity index (χ0v) is 15.7. The summed E-state index contributed by atoms with van der Waals surface area (Å²) >= 11 is 0. The quantitative estimate of drug-likeness (QED) is 0.570. The smallest absolute Gasteiger partial charge is 0.343 e. The molecule has 0 spiro atoms. The van der Waals surface area contributed by atoms with Crippen molar-refractivity contribution in [2.45, 2.75) is 6.92 Å². The number of rotatable bonds is 4. The Morgan fingerprint density at radius 2 is 1.54 bits per heavy atom. The summed E-state index contributed by atoms with van der Waals surface area (Å²) in [6, 6.07) is 10.5. The molecule has 4 rings (SSSR count). The number of piperazine rings is 1. The first-order valence-corrected chi connectivity index (χ1v) is 9.36. The van der Waals surface area contributed by atoms with Gasteiger partial charge in [0.15, 0.2) is 19.1 Å². The van der Waals surface area contributed by atoms with Crippen LogP contribution in [-0.2, 0) is 9.59 Å². The van der Waals surface area contributed by atoms with Crippen molar-refractivity contribution in [1.29, 1.82) is 0 Å². The van der Waals surface area contributed by atoms with Crippen LogP contribution in [0.1, 0.15) is 5.56 Å². The molecule has 1 aromatic carbocycles. The van der Waals surface area contributed by atoms with E-state index in [1.54, 1.807) is 12.1 Å². The maximum absolute atomic E-state index is 12.8. The molecule has 0 aliphatic carbocycles. The molecule has 4 amide bonds. The van der Waals surface area contributed by atoms with Gasteiger partial charge in [0.25, 0.3) is 0 Å². The molecule has 2 saturated heterocycles. The third kappa shape index (κ3) is 3.34. The Balaban J connectivity index is 1.41. The number of amides is 4. The predicted molar refractivity (Wildman–Crippen MR) is 102 cm³/mol. The molecule has 2 fully saturated rings. The van der Waals surface area contributed by atoms with Crippen LogP contribution in [0.4, 0.5) is 16.2 Å². The van der Waals surface area contributed by atoms with Crippen molar-refractivity contribution in [2.75, 3.05) is 42.6 Å². The van der Waals surface area contributed by atoms with Gasteiger partial charge in [0.05, 0.1) is 31.9 Å². The number of imide groups is 2. The minimum Gasteiger partial charge on any atom is -0.360 e. The molecular formula is C20H23N5O3+2. The lowest BCUT2D eigenvalue weighted by atomic mass is 10.2. The number of urea groups is 1. The topological polar surface area (TPSA) is 79.5 Å². The molecule has 0 radical (unpaired) electrons. The largest absolute Gasteiger partial charge is 0.360 e. The molecule has 0 saturated carbocycles. The molecule has 28 heavy (non-hydrogen) atoms. The van der Waals surface area contributed by atoms with Crippen LogP contribution in [0, 0.1) is 6.92 Å². The Bertz CT molecular complexity index is 892. The molecule has 8 nitrogen and oxygen atoms in total. The van der Waals surface area contributed by atoms with Crippen LogP contribution < -0.4 is 19.7 Å². The van der Waals surface area contributed by atoms with Gasteiger partial charge >= 0.3 is 17.8 Å². The number of aryl methyl sites for hydroxylation is 1. The van der Waals surface area contributed by atoms with Gasteiger partial charge in [-0.3, -0.25) is 9.59 Å². The second-order valence-electron chi connectivity index (χ2n) is 7.15. The summed E-state index contributed by atoms with van der Waals surface area (Å²) in [5.41, 5.74) is 2.59. The Morgan fingerprint density at radius 3 is 2.18 bits per heavy atom. The van der Waals surface area contributed by atoms with Gasteiger partial charge in [0, 0.05) is 17.8 Å². The first kappa shape index (κ1) is 18.1. The minimum atomic E-state index is -0.785. The number of hydrogen-bond donors (Lipinski definition) is 1. The fourth-order valence-electron chi connectivity index (χ4n) is 3.62. The molecule has 2 aliphatic rings. The van der Waals surface area contributed by atoms with E-state index < -0.39 is 17.8 Å². The van der Waals surface area contributed by atoms with E-state index in [2.05, 4.69) is 9.88 Å². The molecular weight excluding hydrogens is 358 g/mol. The van der Waals surface area contributed by atoms with E-state index >= 15 is 0 Å². The molecule has 0 atom stereocenters. The summed E-state index contributed by atoms with van der Waals surface area (Å²) in [5.74, 6) is -1.54. The Hall–Kier alpha value is -3.26. The highest BCUT2D eigenvalue weighted by Gasteiger charge is 2.47. The molecule has 2 N–H and O–H groups in total. The Labute approximate surface area is 163 Å². The minimum absolute atomic E-state index is 0.210. The molecule has 8 heteroatoms. The summed E-state index contributed by atoms with van der Waals surface area (Å²) in [5, 5.41) is 0. The SMILES string of the molecule is Cc1ccc(N2C(=O)C(=O)N(C[NH+]3CCN(c4cc[nH+]cc4)CC3)C2=O)cc1. The van der Waals surface area contributed by atoms with E-state index in [0.717, 1.165) is 52.1 Å². The molecule has 1 aromatic heterocycles. The fraction of sp³-hybridized carbons (Fsp3) is 0.300. The first-order valence-electron chi connectivity index (χ1n) is 9.36. The number of carbonyl (C=O) groups is 3. The second-order valence-corrected chi connectivity index (χ2v) is 7.15. The van der Waals surface area contributed by atoms with Gasteiger partial charge in [-0.15, -0.1) is 0 Å². The zero-order valence-electron chi connectivity index (χ0n) is 15.7. The maximum atomic E-state index is 12.8. The molecule has 3 heterocycles. The van der Waals surface area contributed by atoms with Crippen molar-refractivity contribution in [1.82, 2.24) is 4.90 Å². The number of aromatic nitrogens is 1. The number of benzene rings is 1. The van der Waals surface area contributed by atoms with Gasteiger partial charge in [0.1, 0.15) is 0 Å². The van der Waals surface area contributed by atoms with Crippen LogP contribution in [0.25, 0.3) is 0 Å². The van der Waals surface area contributed by atoms with Gasteiger partial charge in [-0.2, -0.15) is 0 Å². The van der Waals surface area contributed by atoms with E-state index in [9.17, 15) is 14.4 Å². The number of H-pyrrole nitrogens is 1. The van der Waals surface area contributed by atoms with Crippen molar-refractivity contribution in [3.8, 4) is 0 Å². The van der Waals surface area contributed by atoms with Gasteiger partial charge in [-0.25, -0.2) is 19.6 Å². The molecule has 144 valence electrons. The van der Waals surface area contributed by atoms with Crippen molar-refractivity contribution >= 4 is 29.2 Å². The number of nitrogens with one attached hydrogen (secondary N) is 2. The maximum Gasteiger partial charge on any atom is 0.343 e. The lowest BCUT2D eigenvalue weighted by Gasteiger charge is -2.34. The van der Waals surface area contributed by atoms with Crippen LogP contribution in [0.2, 0.25) is 0 Å². The third-order valence-corrected chi connectivity index (χ3v) is 5.26.